The average molecular weight is 265 g/mol. The van der Waals surface area contributed by atoms with Crippen LogP contribution in [0.3, 0.4) is 0 Å². The molecule has 2 atom stereocenters. The summed E-state index contributed by atoms with van der Waals surface area (Å²) in [7, 11) is 1.47. The summed E-state index contributed by atoms with van der Waals surface area (Å²) in [5, 5.41) is 0. The maximum atomic E-state index is 13.8. The van der Waals surface area contributed by atoms with E-state index in [1.54, 1.807) is 6.07 Å². The minimum atomic E-state index is -0.341. The summed E-state index contributed by atoms with van der Waals surface area (Å²) in [4.78, 5) is 4.86. The van der Waals surface area contributed by atoms with Gasteiger partial charge in [0.05, 0.1) is 7.11 Å². The Hall–Kier alpha value is -1.17. The minimum Gasteiger partial charge on any atom is -0.494 e. The van der Waals surface area contributed by atoms with Crippen LogP contribution in [0.2, 0.25) is 0 Å². The molecule has 3 aliphatic rings. The molecule has 5 heteroatoms. The molecule has 2 bridgehead atoms. The van der Waals surface area contributed by atoms with Crippen LogP contribution in [0.5, 0.6) is 5.75 Å². The van der Waals surface area contributed by atoms with Gasteiger partial charge in [-0.05, 0) is 17.7 Å². The molecule has 0 spiro atoms. The van der Waals surface area contributed by atoms with E-state index in [1.807, 2.05) is 6.07 Å². The average Bonchev–Trinajstić information content (AvgIpc) is 2.47. The van der Waals surface area contributed by atoms with E-state index in [0.717, 1.165) is 38.3 Å². The van der Waals surface area contributed by atoms with Gasteiger partial charge in [-0.15, -0.1) is 0 Å². The molecule has 1 aromatic carbocycles. The maximum Gasteiger partial charge on any atom is 0.165 e. The van der Waals surface area contributed by atoms with Crippen LogP contribution in [0.1, 0.15) is 11.6 Å². The van der Waals surface area contributed by atoms with Crippen LogP contribution >= 0.6 is 0 Å². The molecule has 0 amide bonds. The summed E-state index contributed by atoms with van der Waals surface area (Å²) in [5.74, 6) is -0.0723. The van der Waals surface area contributed by atoms with Gasteiger partial charge in [-0.3, -0.25) is 9.80 Å². The first kappa shape index (κ1) is 12.8. The van der Waals surface area contributed by atoms with Crippen LogP contribution in [-0.4, -0.2) is 55.7 Å². The fraction of sp³-hybridized carbons (Fsp3) is 0.571. The molecular weight excluding hydrogens is 245 g/mol. The zero-order valence-corrected chi connectivity index (χ0v) is 11.2. The van der Waals surface area contributed by atoms with Crippen LogP contribution in [0.4, 0.5) is 4.39 Å². The van der Waals surface area contributed by atoms with Crippen LogP contribution < -0.4 is 10.5 Å². The molecule has 1 aromatic rings. The van der Waals surface area contributed by atoms with Crippen molar-refractivity contribution in [3.05, 3.63) is 29.6 Å². The van der Waals surface area contributed by atoms with E-state index in [0.29, 0.717) is 0 Å². The summed E-state index contributed by atoms with van der Waals surface area (Å²) in [6.07, 6.45) is 0. The van der Waals surface area contributed by atoms with Crippen molar-refractivity contribution in [2.24, 2.45) is 5.73 Å². The first-order valence-electron chi connectivity index (χ1n) is 6.74. The number of rotatable bonds is 3. The lowest BCUT2D eigenvalue weighted by atomic mass is 9.94. The summed E-state index contributed by atoms with van der Waals surface area (Å²) in [6.45, 7) is 5.36. The van der Waals surface area contributed by atoms with Gasteiger partial charge in [0.1, 0.15) is 0 Å². The molecule has 0 aromatic heterocycles. The highest BCUT2D eigenvalue weighted by molar-refractivity contribution is 5.31. The van der Waals surface area contributed by atoms with Gasteiger partial charge in [0.15, 0.2) is 11.6 Å². The Bertz CT molecular complexity index is 460. The summed E-state index contributed by atoms with van der Waals surface area (Å²) in [6, 6.07) is 5.16. The van der Waals surface area contributed by atoms with Crippen molar-refractivity contribution in [3.8, 4) is 5.75 Å². The van der Waals surface area contributed by atoms with E-state index < -0.39 is 0 Å². The predicted molar refractivity (Wildman–Crippen MR) is 71.7 cm³/mol. The molecule has 4 rings (SSSR count). The Morgan fingerprint density at radius 2 is 2.05 bits per heavy atom. The lowest BCUT2D eigenvalue weighted by Crippen LogP contribution is -2.63. The number of fused-ring (bicyclic) bond motifs is 3. The molecule has 19 heavy (non-hydrogen) atoms. The number of piperazine rings is 3. The van der Waals surface area contributed by atoms with E-state index in [2.05, 4.69) is 9.80 Å². The molecule has 2 N–H and O–H groups in total. The number of ether oxygens (including phenoxy) is 1. The SMILES string of the molecule is COc1ccc(C(N)C2CN3CCN2CC3)cc1F. The van der Waals surface area contributed by atoms with Gasteiger partial charge in [-0.2, -0.15) is 0 Å². The Labute approximate surface area is 112 Å². The maximum absolute atomic E-state index is 13.8. The standard InChI is InChI=1S/C14H20FN3O/c1-19-13-3-2-10(8-11(13)15)14(16)12-9-17-4-6-18(12)7-5-17/h2-3,8,12,14H,4-7,9,16H2,1H3. The third-order valence-corrected chi connectivity index (χ3v) is 4.30. The van der Waals surface area contributed by atoms with Crippen LogP contribution in [0.15, 0.2) is 18.2 Å². The van der Waals surface area contributed by atoms with E-state index in [-0.39, 0.29) is 23.7 Å². The molecule has 2 unspecified atom stereocenters. The third-order valence-electron chi connectivity index (χ3n) is 4.30. The Balaban J connectivity index is 1.80. The summed E-state index contributed by atoms with van der Waals surface area (Å²) >= 11 is 0. The molecule has 3 heterocycles. The van der Waals surface area contributed by atoms with Gasteiger partial charge in [-0.25, -0.2) is 4.39 Å². The van der Waals surface area contributed by atoms with Crippen molar-refractivity contribution < 1.29 is 9.13 Å². The molecule has 0 saturated carbocycles. The monoisotopic (exact) mass is 265 g/mol. The van der Waals surface area contributed by atoms with Crippen molar-refractivity contribution >= 4 is 0 Å². The molecule has 3 aliphatic heterocycles. The Morgan fingerprint density at radius 3 is 2.58 bits per heavy atom. The number of halogens is 1. The highest BCUT2D eigenvalue weighted by Gasteiger charge is 2.35. The highest BCUT2D eigenvalue weighted by Crippen LogP contribution is 2.28. The fourth-order valence-electron chi connectivity index (χ4n) is 3.11. The lowest BCUT2D eigenvalue weighted by molar-refractivity contribution is 0.00210. The molecule has 0 radical (unpaired) electrons. The molecule has 104 valence electrons. The third kappa shape index (κ3) is 2.33. The van der Waals surface area contributed by atoms with Crippen LogP contribution in [-0.2, 0) is 0 Å². The van der Waals surface area contributed by atoms with Crippen LogP contribution in [0, 0.1) is 5.82 Å². The van der Waals surface area contributed by atoms with Crippen molar-refractivity contribution in [1.82, 2.24) is 9.80 Å². The van der Waals surface area contributed by atoms with Gasteiger partial charge < -0.3 is 10.5 Å². The fourth-order valence-corrected chi connectivity index (χ4v) is 3.11. The van der Waals surface area contributed by atoms with E-state index >= 15 is 0 Å². The van der Waals surface area contributed by atoms with Gasteiger partial charge in [0.2, 0.25) is 0 Å². The first-order valence-corrected chi connectivity index (χ1v) is 6.74. The Kier molecular flexibility index (Phi) is 3.43. The topological polar surface area (TPSA) is 41.7 Å². The van der Waals surface area contributed by atoms with Gasteiger partial charge in [-0.1, -0.05) is 6.07 Å². The number of nitrogens with two attached hydrogens (primary N) is 1. The van der Waals surface area contributed by atoms with E-state index in [1.165, 1.54) is 13.2 Å². The van der Waals surface area contributed by atoms with Crippen molar-refractivity contribution in [1.29, 1.82) is 0 Å². The zero-order valence-electron chi connectivity index (χ0n) is 11.2. The van der Waals surface area contributed by atoms with Crippen LogP contribution in [0.25, 0.3) is 0 Å². The largest absolute Gasteiger partial charge is 0.494 e. The second-order valence-corrected chi connectivity index (χ2v) is 5.32. The van der Waals surface area contributed by atoms with Gasteiger partial charge in [0.25, 0.3) is 0 Å². The first-order chi connectivity index (χ1) is 9.19. The quantitative estimate of drug-likeness (QED) is 0.879. The smallest absolute Gasteiger partial charge is 0.165 e. The molecular formula is C14H20FN3O. The zero-order chi connectivity index (χ0) is 13.4. The Morgan fingerprint density at radius 1 is 1.32 bits per heavy atom. The molecule has 3 saturated heterocycles. The highest BCUT2D eigenvalue weighted by atomic mass is 19.1. The molecule has 3 fully saturated rings. The van der Waals surface area contributed by atoms with Crippen molar-refractivity contribution in [2.45, 2.75) is 12.1 Å². The molecule has 4 nitrogen and oxygen atoms in total. The second kappa shape index (κ2) is 5.07. The predicted octanol–water partition coefficient (Wildman–Crippen LogP) is 0.834. The van der Waals surface area contributed by atoms with Gasteiger partial charge >= 0.3 is 0 Å². The number of benzene rings is 1. The van der Waals surface area contributed by atoms with E-state index in [9.17, 15) is 4.39 Å². The lowest BCUT2D eigenvalue weighted by Gasteiger charge is -2.49. The summed E-state index contributed by atoms with van der Waals surface area (Å²) < 4.78 is 18.7. The second-order valence-electron chi connectivity index (χ2n) is 5.32. The summed E-state index contributed by atoms with van der Waals surface area (Å²) in [5.41, 5.74) is 7.19. The van der Waals surface area contributed by atoms with Crippen molar-refractivity contribution in [2.75, 3.05) is 39.8 Å². The number of methoxy groups -OCH3 is 1. The normalized spacial score (nSPS) is 31.2. The number of nitrogens with zero attached hydrogens (tertiary/aromatic N) is 2. The van der Waals surface area contributed by atoms with E-state index in [4.69, 9.17) is 10.5 Å². The number of hydrogen-bond acceptors (Lipinski definition) is 4. The van der Waals surface area contributed by atoms with Crippen molar-refractivity contribution in [3.63, 3.8) is 0 Å². The molecule has 0 aliphatic carbocycles. The minimum absolute atomic E-state index is 0.150. The van der Waals surface area contributed by atoms with Gasteiger partial charge in [0, 0.05) is 44.8 Å². The number of hydrogen-bond donors (Lipinski definition) is 1.